The second-order valence-corrected chi connectivity index (χ2v) is 6.76. The smallest absolute Gasteiger partial charge is 0.260 e. The zero-order valence-corrected chi connectivity index (χ0v) is 16.8. The van der Waals surface area contributed by atoms with Gasteiger partial charge in [0.25, 0.3) is 11.8 Å². The molecule has 150 valence electrons. The molecule has 2 N–H and O–H groups in total. The van der Waals surface area contributed by atoms with Crippen molar-refractivity contribution in [1.29, 1.82) is 0 Å². The number of methoxy groups -OCH3 is 1. The van der Waals surface area contributed by atoms with E-state index in [9.17, 15) is 9.59 Å². The summed E-state index contributed by atoms with van der Waals surface area (Å²) in [5, 5.41) is 5.52. The predicted octanol–water partition coefficient (Wildman–Crippen LogP) is 3.13. The summed E-state index contributed by atoms with van der Waals surface area (Å²) < 4.78 is 10.7. The first-order chi connectivity index (χ1) is 13.4. The van der Waals surface area contributed by atoms with Crippen LogP contribution in [0.2, 0.25) is 0 Å². The Morgan fingerprint density at radius 1 is 0.857 bits per heavy atom. The van der Waals surface area contributed by atoms with Gasteiger partial charge in [0.15, 0.2) is 6.10 Å². The molecule has 0 saturated heterocycles. The number of rotatable bonds is 9. The molecule has 28 heavy (non-hydrogen) atoms. The number of hydrogen-bond acceptors (Lipinski definition) is 4. The average molecular weight is 384 g/mol. The molecule has 0 aliphatic heterocycles. The lowest BCUT2D eigenvalue weighted by molar-refractivity contribution is -0.127. The van der Waals surface area contributed by atoms with Crippen molar-refractivity contribution in [2.45, 2.75) is 32.8 Å². The van der Waals surface area contributed by atoms with E-state index in [1.54, 1.807) is 38.3 Å². The van der Waals surface area contributed by atoms with Crippen LogP contribution in [0.3, 0.4) is 0 Å². The first kappa shape index (κ1) is 21.3. The van der Waals surface area contributed by atoms with Gasteiger partial charge in [0.05, 0.1) is 7.11 Å². The normalized spacial score (nSPS) is 11.6. The summed E-state index contributed by atoms with van der Waals surface area (Å²) in [6.07, 6.45) is -0.623. The zero-order chi connectivity index (χ0) is 20.5. The molecule has 1 atom stereocenters. The molecule has 0 fully saturated rings. The fourth-order valence-corrected chi connectivity index (χ4v) is 2.54. The molecule has 2 amide bonds. The van der Waals surface area contributed by atoms with Crippen LogP contribution in [0.25, 0.3) is 0 Å². The Hall–Kier alpha value is -3.02. The number of carbonyl (C=O) groups is 2. The van der Waals surface area contributed by atoms with Crippen molar-refractivity contribution >= 4 is 11.8 Å². The molecule has 0 bridgehead atoms. The molecule has 0 aromatic heterocycles. The van der Waals surface area contributed by atoms with E-state index in [2.05, 4.69) is 24.5 Å². The van der Waals surface area contributed by atoms with Crippen molar-refractivity contribution in [3.8, 4) is 11.5 Å². The number of amides is 2. The van der Waals surface area contributed by atoms with Crippen molar-refractivity contribution in [2.75, 3.05) is 20.2 Å². The minimum Gasteiger partial charge on any atom is -0.497 e. The minimum atomic E-state index is -0.623. The van der Waals surface area contributed by atoms with E-state index in [1.165, 1.54) is 5.56 Å². The number of nitrogens with one attached hydrogen (secondary N) is 2. The highest BCUT2D eigenvalue weighted by atomic mass is 16.5. The van der Waals surface area contributed by atoms with Gasteiger partial charge in [-0.15, -0.1) is 0 Å². The summed E-state index contributed by atoms with van der Waals surface area (Å²) >= 11 is 0. The maximum absolute atomic E-state index is 12.1. The first-order valence-corrected chi connectivity index (χ1v) is 9.37. The summed E-state index contributed by atoms with van der Waals surface area (Å²) in [5.74, 6) is 1.36. The van der Waals surface area contributed by atoms with Gasteiger partial charge in [-0.1, -0.05) is 26.0 Å². The molecule has 0 aliphatic rings. The molecule has 0 saturated carbocycles. The topological polar surface area (TPSA) is 76.7 Å². The van der Waals surface area contributed by atoms with Crippen molar-refractivity contribution in [1.82, 2.24) is 10.6 Å². The van der Waals surface area contributed by atoms with Crippen LogP contribution in [0.4, 0.5) is 0 Å². The van der Waals surface area contributed by atoms with E-state index in [0.717, 1.165) is 0 Å². The van der Waals surface area contributed by atoms with E-state index in [0.29, 0.717) is 36.1 Å². The molecular formula is C22H28N2O4. The molecule has 6 nitrogen and oxygen atoms in total. The maximum atomic E-state index is 12.1. The first-order valence-electron chi connectivity index (χ1n) is 9.37. The number of carbonyl (C=O) groups excluding carboxylic acids is 2. The van der Waals surface area contributed by atoms with E-state index in [4.69, 9.17) is 9.47 Å². The van der Waals surface area contributed by atoms with Crippen LogP contribution < -0.4 is 20.1 Å². The predicted molar refractivity (Wildman–Crippen MR) is 109 cm³/mol. The number of benzene rings is 2. The molecule has 2 aromatic rings. The van der Waals surface area contributed by atoms with Gasteiger partial charge in [0.1, 0.15) is 11.5 Å². The molecule has 2 rings (SSSR count). The van der Waals surface area contributed by atoms with Crippen LogP contribution in [0.15, 0.2) is 48.5 Å². The fraction of sp³-hybridized carbons (Fsp3) is 0.364. The van der Waals surface area contributed by atoms with E-state index in [-0.39, 0.29) is 11.8 Å². The van der Waals surface area contributed by atoms with Gasteiger partial charge < -0.3 is 20.1 Å². The second kappa shape index (κ2) is 10.3. The Kier molecular flexibility index (Phi) is 7.87. The average Bonchev–Trinajstić information content (AvgIpc) is 2.71. The van der Waals surface area contributed by atoms with E-state index in [1.807, 2.05) is 24.3 Å². The van der Waals surface area contributed by atoms with Crippen LogP contribution in [0.1, 0.15) is 42.6 Å². The van der Waals surface area contributed by atoms with Crippen LogP contribution in [-0.2, 0) is 4.79 Å². The third-order valence-corrected chi connectivity index (χ3v) is 4.29. The van der Waals surface area contributed by atoms with Crippen molar-refractivity contribution in [3.05, 3.63) is 59.7 Å². The highest BCUT2D eigenvalue weighted by Gasteiger charge is 2.14. The quantitative estimate of drug-likeness (QED) is 0.651. The van der Waals surface area contributed by atoms with E-state index >= 15 is 0 Å². The Bertz CT molecular complexity index is 770. The number of ether oxygens (including phenoxy) is 2. The summed E-state index contributed by atoms with van der Waals surface area (Å²) in [6, 6.07) is 14.6. The zero-order valence-electron chi connectivity index (χ0n) is 16.8. The summed E-state index contributed by atoms with van der Waals surface area (Å²) in [4.78, 5) is 24.2. The lowest BCUT2D eigenvalue weighted by Crippen LogP contribution is -2.40. The van der Waals surface area contributed by atoms with Crippen LogP contribution in [0.5, 0.6) is 11.5 Å². The lowest BCUT2D eigenvalue weighted by Gasteiger charge is -2.15. The van der Waals surface area contributed by atoms with Crippen molar-refractivity contribution < 1.29 is 19.1 Å². The lowest BCUT2D eigenvalue weighted by atomic mass is 10.0. The highest BCUT2D eigenvalue weighted by molar-refractivity contribution is 5.94. The monoisotopic (exact) mass is 384 g/mol. The van der Waals surface area contributed by atoms with E-state index < -0.39 is 6.10 Å². The fourth-order valence-electron chi connectivity index (χ4n) is 2.54. The van der Waals surface area contributed by atoms with Crippen LogP contribution in [-0.4, -0.2) is 38.1 Å². The molecule has 6 heteroatoms. The molecule has 0 heterocycles. The molecule has 0 radical (unpaired) electrons. The van der Waals surface area contributed by atoms with Crippen LogP contribution in [0, 0.1) is 0 Å². The third kappa shape index (κ3) is 6.30. The van der Waals surface area contributed by atoms with Crippen LogP contribution >= 0.6 is 0 Å². The number of hydrogen-bond donors (Lipinski definition) is 2. The van der Waals surface area contributed by atoms with Gasteiger partial charge in [-0.2, -0.15) is 0 Å². The summed E-state index contributed by atoms with van der Waals surface area (Å²) in [6.45, 7) is 6.59. The summed E-state index contributed by atoms with van der Waals surface area (Å²) in [7, 11) is 1.57. The van der Waals surface area contributed by atoms with Crippen molar-refractivity contribution in [3.63, 3.8) is 0 Å². The van der Waals surface area contributed by atoms with Crippen molar-refractivity contribution in [2.24, 2.45) is 0 Å². The maximum Gasteiger partial charge on any atom is 0.260 e. The Labute approximate surface area is 166 Å². The van der Waals surface area contributed by atoms with Gasteiger partial charge in [-0.25, -0.2) is 0 Å². The molecular weight excluding hydrogens is 356 g/mol. The molecule has 0 spiro atoms. The van der Waals surface area contributed by atoms with Gasteiger partial charge >= 0.3 is 0 Å². The second-order valence-electron chi connectivity index (χ2n) is 6.76. The Morgan fingerprint density at radius 2 is 1.43 bits per heavy atom. The molecule has 0 aliphatic carbocycles. The highest BCUT2D eigenvalue weighted by Crippen LogP contribution is 2.19. The third-order valence-electron chi connectivity index (χ3n) is 4.29. The largest absolute Gasteiger partial charge is 0.497 e. The summed E-state index contributed by atoms with van der Waals surface area (Å²) in [5.41, 5.74) is 1.76. The standard InChI is InChI=1S/C22H28N2O4/c1-15(2)17-5-11-20(12-6-17)28-16(3)21(25)23-13-14-24-22(26)18-7-9-19(27-4)10-8-18/h5-12,15-16H,13-14H2,1-4H3,(H,23,25)(H,24,26). The van der Waals surface area contributed by atoms with Gasteiger partial charge in [0.2, 0.25) is 0 Å². The van der Waals surface area contributed by atoms with Gasteiger partial charge in [-0.05, 0) is 54.8 Å². The molecule has 2 aromatic carbocycles. The minimum absolute atomic E-state index is 0.202. The Balaban J connectivity index is 1.71. The molecule has 1 unspecified atom stereocenters. The van der Waals surface area contributed by atoms with Gasteiger partial charge in [-0.3, -0.25) is 9.59 Å². The van der Waals surface area contributed by atoms with Gasteiger partial charge in [0, 0.05) is 18.7 Å². The SMILES string of the molecule is COc1ccc(C(=O)NCCNC(=O)C(C)Oc2ccc(C(C)C)cc2)cc1. The Morgan fingerprint density at radius 3 is 2.00 bits per heavy atom.